The smallest absolute Gasteiger partial charge is 0.256 e. The summed E-state index contributed by atoms with van der Waals surface area (Å²) in [6, 6.07) is 6.32. The Kier molecular flexibility index (Phi) is 5.49. The van der Waals surface area contributed by atoms with Crippen molar-refractivity contribution in [3.05, 3.63) is 30.1 Å². The summed E-state index contributed by atoms with van der Waals surface area (Å²) < 4.78 is 19.4. The van der Waals surface area contributed by atoms with Gasteiger partial charge in [-0.05, 0) is 44.4 Å². The van der Waals surface area contributed by atoms with Gasteiger partial charge in [-0.1, -0.05) is 12.1 Å². The highest BCUT2D eigenvalue weighted by molar-refractivity contribution is 5.96. The zero-order valence-corrected chi connectivity index (χ0v) is 11.6. The lowest BCUT2D eigenvalue weighted by Crippen LogP contribution is -2.43. The third-order valence-corrected chi connectivity index (χ3v) is 3.45. The van der Waals surface area contributed by atoms with Crippen molar-refractivity contribution in [2.75, 3.05) is 24.6 Å². The molecule has 20 heavy (non-hydrogen) atoms. The van der Waals surface area contributed by atoms with Crippen LogP contribution in [-0.2, 0) is 9.53 Å². The standard InChI is InChI=1S/C15H21FN2O2/c16-12-6-1-2-7-13(12)18(10-5-9-17)15(19)14-8-3-4-11-20-14/h1-2,6-7,14H,3-5,8-11,17H2. The summed E-state index contributed by atoms with van der Waals surface area (Å²) in [7, 11) is 0. The number of amides is 1. The Morgan fingerprint density at radius 2 is 2.20 bits per heavy atom. The van der Waals surface area contributed by atoms with Crippen LogP contribution in [0.3, 0.4) is 0 Å². The molecule has 1 aromatic carbocycles. The molecule has 110 valence electrons. The molecule has 0 bridgehead atoms. The number of hydrogen-bond acceptors (Lipinski definition) is 3. The van der Waals surface area contributed by atoms with Crippen LogP contribution < -0.4 is 10.6 Å². The number of para-hydroxylation sites is 1. The van der Waals surface area contributed by atoms with Crippen LogP contribution in [0.5, 0.6) is 0 Å². The fourth-order valence-corrected chi connectivity index (χ4v) is 2.38. The second kappa shape index (κ2) is 7.36. The summed E-state index contributed by atoms with van der Waals surface area (Å²) in [6.07, 6.45) is 2.82. The molecule has 0 aromatic heterocycles. The SMILES string of the molecule is NCCCN(C(=O)C1CCCCO1)c1ccccc1F. The van der Waals surface area contributed by atoms with Crippen LogP contribution in [-0.4, -0.2) is 31.7 Å². The van der Waals surface area contributed by atoms with E-state index in [2.05, 4.69) is 0 Å². The number of anilines is 1. The minimum absolute atomic E-state index is 0.164. The van der Waals surface area contributed by atoms with Gasteiger partial charge in [0.15, 0.2) is 0 Å². The van der Waals surface area contributed by atoms with Crippen molar-refractivity contribution in [2.24, 2.45) is 5.73 Å². The zero-order chi connectivity index (χ0) is 14.4. The monoisotopic (exact) mass is 280 g/mol. The molecule has 1 heterocycles. The van der Waals surface area contributed by atoms with Crippen LogP contribution in [0.1, 0.15) is 25.7 Å². The Balaban J connectivity index is 2.18. The van der Waals surface area contributed by atoms with E-state index in [0.29, 0.717) is 38.2 Å². The van der Waals surface area contributed by atoms with Crippen LogP contribution in [0.2, 0.25) is 0 Å². The Hall–Kier alpha value is -1.46. The Morgan fingerprint density at radius 3 is 2.85 bits per heavy atom. The number of halogens is 1. The van der Waals surface area contributed by atoms with Gasteiger partial charge in [0, 0.05) is 13.2 Å². The first-order chi connectivity index (χ1) is 9.74. The molecule has 1 unspecified atom stereocenters. The van der Waals surface area contributed by atoms with Gasteiger partial charge in [-0.15, -0.1) is 0 Å². The molecule has 1 fully saturated rings. The Labute approximate surface area is 118 Å². The van der Waals surface area contributed by atoms with Crippen molar-refractivity contribution < 1.29 is 13.9 Å². The van der Waals surface area contributed by atoms with E-state index in [1.807, 2.05) is 0 Å². The van der Waals surface area contributed by atoms with Crippen molar-refractivity contribution in [3.63, 3.8) is 0 Å². The Morgan fingerprint density at radius 1 is 1.40 bits per heavy atom. The highest BCUT2D eigenvalue weighted by Gasteiger charge is 2.28. The highest BCUT2D eigenvalue weighted by Crippen LogP contribution is 2.23. The van der Waals surface area contributed by atoms with Crippen molar-refractivity contribution in [2.45, 2.75) is 31.8 Å². The predicted octanol–water partition coefficient (Wildman–Crippen LogP) is 2.08. The van der Waals surface area contributed by atoms with Gasteiger partial charge in [-0.2, -0.15) is 0 Å². The molecule has 1 aromatic rings. The lowest BCUT2D eigenvalue weighted by Gasteiger charge is -2.29. The van der Waals surface area contributed by atoms with Gasteiger partial charge in [0.05, 0.1) is 5.69 Å². The summed E-state index contributed by atoms with van der Waals surface area (Å²) in [5, 5.41) is 0. The fraction of sp³-hybridized carbons (Fsp3) is 0.533. The molecule has 1 atom stereocenters. The van der Waals surface area contributed by atoms with Gasteiger partial charge in [0.25, 0.3) is 5.91 Å². The molecule has 1 amide bonds. The van der Waals surface area contributed by atoms with Crippen LogP contribution >= 0.6 is 0 Å². The minimum Gasteiger partial charge on any atom is -0.368 e. The van der Waals surface area contributed by atoms with Gasteiger partial charge >= 0.3 is 0 Å². The van der Waals surface area contributed by atoms with Crippen LogP contribution in [0, 0.1) is 5.82 Å². The zero-order valence-electron chi connectivity index (χ0n) is 11.6. The van der Waals surface area contributed by atoms with Crippen molar-refractivity contribution >= 4 is 11.6 Å². The topological polar surface area (TPSA) is 55.6 Å². The van der Waals surface area contributed by atoms with Gasteiger partial charge in [0.1, 0.15) is 11.9 Å². The maximum Gasteiger partial charge on any atom is 0.256 e. The second-order valence-electron chi connectivity index (χ2n) is 4.94. The maximum atomic E-state index is 13.9. The van der Waals surface area contributed by atoms with Gasteiger partial charge in [-0.25, -0.2) is 4.39 Å². The quantitative estimate of drug-likeness (QED) is 0.898. The number of hydrogen-bond donors (Lipinski definition) is 1. The summed E-state index contributed by atoms with van der Waals surface area (Å²) in [4.78, 5) is 14.0. The van der Waals surface area contributed by atoms with Crippen molar-refractivity contribution in [3.8, 4) is 0 Å². The molecule has 0 saturated carbocycles. The average Bonchev–Trinajstić information content (AvgIpc) is 2.50. The van der Waals surface area contributed by atoms with Gasteiger partial charge < -0.3 is 15.4 Å². The van der Waals surface area contributed by atoms with E-state index < -0.39 is 11.9 Å². The first-order valence-corrected chi connectivity index (χ1v) is 7.11. The molecule has 1 aliphatic rings. The molecular formula is C15H21FN2O2. The number of carbonyl (C=O) groups excluding carboxylic acids is 1. The number of carbonyl (C=O) groups is 1. The number of nitrogens with zero attached hydrogens (tertiary/aromatic N) is 1. The summed E-state index contributed by atoms with van der Waals surface area (Å²) >= 11 is 0. The van der Waals surface area contributed by atoms with E-state index in [-0.39, 0.29) is 5.91 Å². The summed E-state index contributed by atoms with van der Waals surface area (Å²) in [6.45, 7) is 1.47. The molecule has 4 nitrogen and oxygen atoms in total. The third-order valence-electron chi connectivity index (χ3n) is 3.45. The van der Waals surface area contributed by atoms with E-state index in [4.69, 9.17) is 10.5 Å². The van der Waals surface area contributed by atoms with Gasteiger partial charge in [0.2, 0.25) is 0 Å². The molecule has 5 heteroatoms. The molecule has 1 saturated heterocycles. The maximum absolute atomic E-state index is 13.9. The molecular weight excluding hydrogens is 259 g/mol. The number of benzene rings is 1. The Bertz CT molecular complexity index is 447. The van der Waals surface area contributed by atoms with E-state index in [1.165, 1.54) is 11.0 Å². The minimum atomic E-state index is -0.457. The lowest BCUT2D eigenvalue weighted by molar-refractivity contribution is -0.132. The first kappa shape index (κ1) is 14.9. The predicted molar refractivity (Wildman–Crippen MR) is 76.0 cm³/mol. The molecule has 2 rings (SSSR count). The van der Waals surface area contributed by atoms with Gasteiger partial charge in [-0.3, -0.25) is 4.79 Å². The summed E-state index contributed by atoms with van der Waals surface area (Å²) in [5.74, 6) is -0.558. The van der Waals surface area contributed by atoms with E-state index in [1.54, 1.807) is 18.2 Å². The van der Waals surface area contributed by atoms with E-state index in [0.717, 1.165) is 12.8 Å². The van der Waals surface area contributed by atoms with Crippen LogP contribution in [0.4, 0.5) is 10.1 Å². The number of rotatable bonds is 5. The van der Waals surface area contributed by atoms with Crippen molar-refractivity contribution in [1.82, 2.24) is 0 Å². The molecule has 0 spiro atoms. The van der Waals surface area contributed by atoms with E-state index in [9.17, 15) is 9.18 Å². The molecule has 0 aliphatic carbocycles. The van der Waals surface area contributed by atoms with Crippen molar-refractivity contribution in [1.29, 1.82) is 0 Å². The summed E-state index contributed by atoms with van der Waals surface area (Å²) in [5.41, 5.74) is 5.81. The molecule has 2 N–H and O–H groups in total. The number of ether oxygens (including phenoxy) is 1. The largest absolute Gasteiger partial charge is 0.368 e. The normalized spacial score (nSPS) is 18.8. The number of nitrogens with two attached hydrogens (primary N) is 1. The average molecular weight is 280 g/mol. The first-order valence-electron chi connectivity index (χ1n) is 7.11. The lowest BCUT2D eigenvalue weighted by atomic mass is 10.1. The van der Waals surface area contributed by atoms with Crippen LogP contribution in [0.15, 0.2) is 24.3 Å². The molecule has 0 radical (unpaired) electrons. The third kappa shape index (κ3) is 3.55. The fourth-order valence-electron chi connectivity index (χ4n) is 2.38. The second-order valence-corrected chi connectivity index (χ2v) is 4.94. The van der Waals surface area contributed by atoms with Crippen LogP contribution in [0.25, 0.3) is 0 Å². The highest BCUT2D eigenvalue weighted by atomic mass is 19.1. The van der Waals surface area contributed by atoms with E-state index >= 15 is 0 Å². The molecule has 1 aliphatic heterocycles.